The van der Waals surface area contributed by atoms with Crippen LogP contribution in [0.3, 0.4) is 0 Å². The van der Waals surface area contributed by atoms with Crippen molar-refractivity contribution >= 4 is 11.9 Å². The van der Waals surface area contributed by atoms with E-state index in [1.165, 1.54) is 6.07 Å². The van der Waals surface area contributed by atoms with Crippen molar-refractivity contribution in [1.82, 2.24) is 5.32 Å². The molecule has 0 unspecified atom stereocenters. The zero-order valence-electron chi connectivity index (χ0n) is 14.3. The maximum atomic E-state index is 12.2. The number of carbonyl (C=O) groups is 2. The van der Waals surface area contributed by atoms with Crippen LogP contribution in [0.4, 0.5) is 0 Å². The number of rotatable bonds is 9. The molecule has 1 amide bonds. The van der Waals surface area contributed by atoms with E-state index in [9.17, 15) is 14.7 Å². The first-order valence-corrected chi connectivity index (χ1v) is 8.34. The molecule has 2 aromatic rings. The summed E-state index contributed by atoms with van der Waals surface area (Å²) in [7, 11) is 0. The van der Waals surface area contributed by atoms with Gasteiger partial charge in [-0.15, -0.1) is 0 Å². The van der Waals surface area contributed by atoms with Crippen LogP contribution in [0.1, 0.15) is 40.4 Å². The Bertz CT molecular complexity index is 727. The predicted octanol–water partition coefficient (Wildman–Crippen LogP) is 3.17. The van der Waals surface area contributed by atoms with Gasteiger partial charge in [-0.05, 0) is 29.2 Å². The van der Waals surface area contributed by atoms with Crippen molar-refractivity contribution in [1.29, 1.82) is 0 Å². The summed E-state index contributed by atoms with van der Waals surface area (Å²) in [5, 5.41) is 12.0. The van der Waals surface area contributed by atoms with E-state index in [4.69, 9.17) is 4.74 Å². The fourth-order valence-corrected chi connectivity index (χ4v) is 2.51. The van der Waals surface area contributed by atoms with Crippen molar-refractivity contribution in [2.75, 3.05) is 6.61 Å². The number of hydrogen-bond acceptors (Lipinski definition) is 3. The molecular formula is C20H23NO4. The molecule has 2 aromatic carbocycles. The van der Waals surface area contributed by atoms with Gasteiger partial charge in [-0.3, -0.25) is 4.79 Å². The monoisotopic (exact) mass is 341 g/mol. The van der Waals surface area contributed by atoms with Crippen molar-refractivity contribution in [2.24, 2.45) is 0 Å². The molecule has 0 saturated heterocycles. The molecule has 0 radical (unpaired) electrons. The molecular weight excluding hydrogens is 318 g/mol. The number of carboxylic acid groups (broad SMARTS) is 1. The first kappa shape index (κ1) is 18.7. The average molecular weight is 341 g/mol. The summed E-state index contributed by atoms with van der Waals surface area (Å²) in [6.45, 7) is 3.66. The molecule has 0 heterocycles. The number of carbonyl (C=O) groups excluding carboxylic acids is 1. The molecule has 0 aromatic heterocycles. The Balaban J connectivity index is 1.96. The SMILES string of the molecule is CCCOCc1ccccc1CNC(=O)Cc1ccccc1C(=O)O. The van der Waals surface area contributed by atoms with Crippen LogP contribution >= 0.6 is 0 Å². The van der Waals surface area contributed by atoms with Gasteiger partial charge in [0, 0.05) is 13.2 Å². The smallest absolute Gasteiger partial charge is 0.335 e. The molecule has 25 heavy (non-hydrogen) atoms. The standard InChI is InChI=1S/C20H23NO4/c1-2-11-25-14-17-9-4-3-8-16(17)13-21-19(22)12-15-7-5-6-10-18(15)20(23)24/h3-10H,2,11-14H2,1H3,(H,21,22)(H,23,24). The molecule has 2 N–H and O–H groups in total. The van der Waals surface area contributed by atoms with Gasteiger partial charge in [0.1, 0.15) is 0 Å². The first-order chi connectivity index (χ1) is 12.1. The molecule has 2 rings (SSSR count). The van der Waals surface area contributed by atoms with Crippen LogP contribution in [0.2, 0.25) is 0 Å². The van der Waals surface area contributed by atoms with E-state index in [0.29, 0.717) is 25.3 Å². The quantitative estimate of drug-likeness (QED) is 0.687. The zero-order chi connectivity index (χ0) is 18.1. The number of amides is 1. The van der Waals surface area contributed by atoms with E-state index < -0.39 is 5.97 Å². The Morgan fingerprint density at radius 1 is 1.00 bits per heavy atom. The van der Waals surface area contributed by atoms with Crippen molar-refractivity contribution < 1.29 is 19.4 Å². The molecule has 5 heteroatoms. The lowest BCUT2D eigenvalue weighted by Gasteiger charge is -2.11. The molecule has 0 spiro atoms. The number of benzene rings is 2. The minimum atomic E-state index is -1.03. The maximum absolute atomic E-state index is 12.2. The average Bonchev–Trinajstić information content (AvgIpc) is 2.61. The summed E-state index contributed by atoms with van der Waals surface area (Å²) in [6, 6.07) is 14.4. The summed E-state index contributed by atoms with van der Waals surface area (Å²) >= 11 is 0. The van der Waals surface area contributed by atoms with Gasteiger partial charge in [-0.2, -0.15) is 0 Å². The topological polar surface area (TPSA) is 75.6 Å². The molecule has 0 aliphatic carbocycles. The largest absolute Gasteiger partial charge is 0.478 e. The van der Waals surface area contributed by atoms with Crippen LogP contribution in [0.25, 0.3) is 0 Å². The normalized spacial score (nSPS) is 10.4. The van der Waals surface area contributed by atoms with Crippen molar-refractivity contribution in [3.8, 4) is 0 Å². The van der Waals surface area contributed by atoms with Crippen LogP contribution in [-0.4, -0.2) is 23.6 Å². The number of hydrogen-bond donors (Lipinski definition) is 2. The second kappa shape index (κ2) is 9.59. The van der Waals surface area contributed by atoms with Crippen molar-refractivity contribution in [3.05, 3.63) is 70.8 Å². The van der Waals surface area contributed by atoms with Gasteiger partial charge in [0.15, 0.2) is 0 Å². The fourth-order valence-electron chi connectivity index (χ4n) is 2.51. The summed E-state index contributed by atoms with van der Waals surface area (Å²) in [6.07, 6.45) is 0.999. The van der Waals surface area contributed by atoms with Crippen LogP contribution in [0.5, 0.6) is 0 Å². The fraction of sp³-hybridized carbons (Fsp3) is 0.300. The third-order valence-electron chi connectivity index (χ3n) is 3.80. The molecule has 0 atom stereocenters. The molecule has 0 fully saturated rings. The molecule has 0 saturated carbocycles. The van der Waals surface area contributed by atoms with Crippen molar-refractivity contribution in [2.45, 2.75) is 32.9 Å². The molecule has 0 aliphatic rings. The summed E-state index contributed by atoms with van der Waals surface area (Å²) in [5.74, 6) is -1.24. The van der Waals surface area contributed by atoms with E-state index in [0.717, 1.165) is 17.5 Å². The van der Waals surface area contributed by atoms with E-state index >= 15 is 0 Å². The molecule has 5 nitrogen and oxygen atoms in total. The van der Waals surface area contributed by atoms with E-state index in [-0.39, 0.29) is 17.9 Å². The summed E-state index contributed by atoms with van der Waals surface area (Å²) < 4.78 is 5.58. The highest BCUT2D eigenvalue weighted by Gasteiger charge is 2.12. The lowest BCUT2D eigenvalue weighted by molar-refractivity contribution is -0.120. The Morgan fingerprint density at radius 2 is 1.64 bits per heavy atom. The second-order valence-electron chi connectivity index (χ2n) is 5.74. The van der Waals surface area contributed by atoms with Gasteiger partial charge >= 0.3 is 5.97 Å². The van der Waals surface area contributed by atoms with Crippen LogP contribution in [0.15, 0.2) is 48.5 Å². The minimum Gasteiger partial charge on any atom is -0.478 e. The Hall–Kier alpha value is -2.66. The van der Waals surface area contributed by atoms with Crippen LogP contribution in [-0.2, 0) is 29.1 Å². The third-order valence-corrected chi connectivity index (χ3v) is 3.80. The minimum absolute atomic E-state index is 0.0387. The van der Waals surface area contributed by atoms with E-state index in [1.54, 1.807) is 18.2 Å². The number of nitrogens with one attached hydrogen (secondary N) is 1. The first-order valence-electron chi connectivity index (χ1n) is 8.34. The highest BCUT2D eigenvalue weighted by atomic mass is 16.5. The van der Waals surface area contributed by atoms with Gasteiger partial charge < -0.3 is 15.2 Å². The number of ether oxygens (including phenoxy) is 1. The van der Waals surface area contributed by atoms with Gasteiger partial charge in [-0.1, -0.05) is 49.4 Å². The lowest BCUT2D eigenvalue weighted by atomic mass is 10.0. The predicted molar refractivity (Wildman–Crippen MR) is 95.3 cm³/mol. The second-order valence-corrected chi connectivity index (χ2v) is 5.74. The molecule has 0 aliphatic heterocycles. The molecule has 132 valence electrons. The Morgan fingerprint density at radius 3 is 2.32 bits per heavy atom. The van der Waals surface area contributed by atoms with Gasteiger partial charge in [0.2, 0.25) is 5.91 Å². The Labute approximate surface area is 147 Å². The van der Waals surface area contributed by atoms with Crippen LogP contribution < -0.4 is 5.32 Å². The zero-order valence-corrected chi connectivity index (χ0v) is 14.3. The van der Waals surface area contributed by atoms with Crippen molar-refractivity contribution in [3.63, 3.8) is 0 Å². The number of carboxylic acids is 1. The van der Waals surface area contributed by atoms with Crippen LogP contribution in [0, 0.1) is 0 Å². The summed E-state index contributed by atoms with van der Waals surface area (Å²) in [5.41, 5.74) is 2.71. The maximum Gasteiger partial charge on any atom is 0.335 e. The highest BCUT2D eigenvalue weighted by molar-refractivity contribution is 5.91. The molecule has 0 bridgehead atoms. The van der Waals surface area contributed by atoms with Gasteiger partial charge in [-0.25, -0.2) is 4.79 Å². The third kappa shape index (κ3) is 5.72. The van der Waals surface area contributed by atoms with E-state index in [1.807, 2.05) is 24.3 Å². The lowest BCUT2D eigenvalue weighted by Crippen LogP contribution is -2.26. The van der Waals surface area contributed by atoms with Gasteiger partial charge in [0.25, 0.3) is 0 Å². The highest BCUT2D eigenvalue weighted by Crippen LogP contribution is 2.12. The van der Waals surface area contributed by atoms with E-state index in [2.05, 4.69) is 12.2 Å². The Kier molecular flexibility index (Phi) is 7.16. The van der Waals surface area contributed by atoms with Gasteiger partial charge in [0.05, 0.1) is 18.6 Å². The summed E-state index contributed by atoms with van der Waals surface area (Å²) in [4.78, 5) is 23.4. The number of aromatic carboxylic acids is 1.